The maximum absolute atomic E-state index is 12.9. The summed E-state index contributed by atoms with van der Waals surface area (Å²) in [6, 6.07) is 9.21. The van der Waals surface area contributed by atoms with Crippen molar-refractivity contribution in [3.8, 4) is 0 Å². The summed E-state index contributed by atoms with van der Waals surface area (Å²) < 4.78 is 0. The van der Waals surface area contributed by atoms with E-state index < -0.39 is 5.54 Å². The van der Waals surface area contributed by atoms with E-state index in [2.05, 4.69) is 16.0 Å². The monoisotopic (exact) mass is 460 g/mol. The first kappa shape index (κ1) is 20.5. The number of carbonyl (C=O) groups excluding carboxylic acids is 4. The molecule has 1 unspecified atom stereocenters. The van der Waals surface area contributed by atoms with Gasteiger partial charge in [-0.25, -0.2) is 4.79 Å². The quantitative estimate of drug-likeness (QED) is 0.593. The first-order chi connectivity index (χ1) is 16.2. The number of fused-ring (bicyclic) bond motifs is 1. The lowest BCUT2D eigenvalue weighted by Gasteiger charge is -2.27. The Bertz CT molecular complexity index is 1310. The molecule has 1 fully saturated rings. The molecule has 3 heterocycles. The van der Waals surface area contributed by atoms with Crippen LogP contribution in [0, 0.1) is 6.92 Å². The maximum Gasteiger partial charge on any atom is 0.324 e. The van der Waals surface area contributed by atoms with Gasteiger partial charge in [0.05, 0.1) is 36.8 Å². The van der Waals surface area contributed by atoms with Crippen LogP contribution < -0.4 is 25.8 Å². The number of nitrogens with one attached hydrogen (secondary N) is 3. The molecule has 0 aromatic heterocycles. The standard InChI is InChI=1S/C24H24N6O4/c1-13-5-17-21-18(6-13)29(12-30(21)11-20(32)26-17)10-19(31)25-16-4-3-14-8-24(9-15(14)7-16)22(33)27-23(34)28(24)2/h3-7H,8-12H2,1-2H3,(H,25,31)(H,26,32)(H,27,33,34). The summed E-state index contributed by atoms with van der Waals surface area (Å²) in [7, 11) is 1.64. The van der Waals surface area contributed by atoms with E-state index >= 15 is 0 Å². The highest BCUT2D eigenvalue weighted by molar-refractivity contribution is 6.08. The average molecular weight is 460 g/mol. The van der Waals surface area contributed by atoms with Crippen LogP contribution in [0.4, 0.5) is 27.5 Å². The molecule has 2 aromatic carbocycles. The molecule has 174 valence electrons. The van der Waals surface area contributed by atoms with Crippen LogP contribution in [-0.4, -0.2) is 61.0 Å². The molecule has 3 N–H and O–H groups in total. The summed E-state index contributed by atoms with van der Waals surface area (Å²) in [5.74, 6) is -0.512. The average Bonchev–Trinajstić information content (AvgIpc) is 3.37. The lowest BCUT2D eigenvalue weighted by Crippen LogP contribution is -2.48. The Morgan fingerprint density at radius 1 is 1.09 bits per heavy atom. The van der Waals surface area contributed by atoms with Crippen molar-refractivity contribution < 1.29 is 19.2 Å². The van der Waals surface area contributed by atoms with Gasteiger partial charge in [-0.1, -0.05) is 6.07 Å². The third kappa shape index (κ3) is 2.94. The summed E-state index contributed by atoms with van der Waals surface area (Å²) in [6.45, 7) is 2.83. The molecule has 0 saturated carbocycles. The van der Waals surface area contributed by atoms with E-state index in [1.54, 1.807) is 7.05 Å². The number of rotatable bonds is 3. The van der Waals surface area contributed by atoms with E-state index in [4.69, 9.17) is 0 Å². The second-order valence-electron chi connectivity index (χ2n) is 9.50. The van der Waals surface area contributed by atoms with Gasteiger partial charge in [0.1, 0.15) is 5.54 Å². The highest BCUT2D eigenvalue weighted by Crippen LogP contribution is 2.44. The van der Waals surface area contributed by atoms with Crippen LogP contribution >= 0.6 is 0 Å². The van der Waals surface area contributed by atoms with Gasteiger partial charge in [0, 0.05) is 25.6 Å². The number of hydrogen-bond acceptors (Lipinski definition) is 6. The van der Waals surface area contributed by atoms with Gasteiger partial charge in [0.15, 0.2) is 0 Å². The molecule has 4 aliphatic rings. The minimum atomic E-state index is -0.891. The Hall–Kier alpha value is -4.08. The third-order valence-electron chi connectivity index (χ3n) is 7.22. The van der Waals surface area contributed by atoms with Crippen LogP contribution in [0.25, 0.3) is 0 Å². The van der Waals surface area contributed by atoms with Crippen LogP contribution in [0.3, 0.4) is 0 Å². The molecule has 3 aliphatic heterocycles. The summed E-state index contributed by atoms with van der Waals surface area (Å²) in [5, 5.41) is 8.28. The van der Waals surface area contributed by atoms with Gasteiger partial charge >= 0.3 is 6.03 Å². The van der Waals surface area contributed by atoms with Gasteiger partial charge in [0.2, 0.25) is 11.8 Å². The molecule has 0 radical (unpaired) electrons. The number of hydrogen-bond donors (Lipinski definition) is 3. The topological polar surface area (TPSA) is 114 Å². The van der Waals surface area contributed by atoms with Crippen molar-refractivity contribution in [3.63, 3.8) is 0 Å². The summed E-state index contributed by atoms with van der Waals surface area (Å²) in [5.41, 5.74) is 5.38. The van der Waals surface area contributed by atoms with Crippen molar-refractivity contribution in [1.29, 1.82) is 0 Å². The number of nitrogens with zero attached hydrogens (tertiary/aromatic N) is 3. The zero-order chi connectivity index (χ0) is 23.8. The number of aryl methyl sites for hydroxylation is 1. The molecular formula is C24H24N6O4. The number of urea groups is 1. The SMILES string of the molecule is Cc1cc2c3c(c1)N(CC(=O)Nc1ccc4c(c1)CC1(C4)C(=O)NC(=O)N1C)CN3CC(=O)N2. The van der Waals surface area contributed by atoms with Crippen molar-refractivity contribution in [2.75, 3.05) is 47.2 Å². The Morgan fingerprint density at radius 3 is 2.65 bits per heavy atom. The van der Waals surface area contributed by atoms with Crippen molar-refractivity contribution in [2.24, 2.45) is 0 Å². The van der Waals surface area contributed by atoms with Crippen molar-refractivity contribution in [1.82, 2.24) is 10.2 Å². The molecule has 1 spiro atoms. The van der Waals surface area contributed by atoms with E-state index in [9.17, 15) is 19.2 Å². The fraction of sp³-hybridized carbons (Fsp3) is 0.333. The van der Waals surface area contributed by atoms with Gasteiger partial charge in [-0.2, -0.15) is 0 Å². The number of imide groups is 1. The zero-order valence-electron chi connectivity index (χ0n) is 18.9. The molecule has 2 aromatic rings. The molecule has 10 heteroatoms. The van der Waals surface area contributed by atoms with E-state index in [0.29, 0.717) is 25.2 Å². The van der Waals surface area contributed by atoms with Crippen LogP contribution in [0.15, 0.2) is 30.3 Å². The molecule has 1 aliphatic carbocycles. The molecule has 1 atom stereocenters. The highest BCUT2D eigenvalue weighted by atomic mass is 16.2. The largest absolute Gasteiger partial charge is 0.343 e. The van der Waals surface area contributed by atoms with Gasteiger partial charge in [-0.05, 0) is 47.9 Å². The maximum atomic E-state index is 12.9. The lowest BCUT2D eigenvalue weighted by molar-refractivity contribution is -0.125. The number of benzene rings is 2. The summed E-state index contributed by atoms with van der Waals surface area (Å²) in [4.78, 5) is 54.9. The number of likely N-dealkylation sites (N-methyl/N-ethyl adjacent to an activating group) is 1. The Morgan fingerprint density at radius 2 is 1.88 bits per heavy atom. The van der Waals surface area contributed by atoms with E-state index in [-0.39, 0.29) is 36.8 Å². The van der Waals surface area contributed by atoms with Crippen LogP contribution in [0.2, 0.25) is 0 Å². The lowest BCUT2D eigenvalue weighted by atomic mass is 9.95. The third-order valence-corrected chi connectivity index (χ3v) is 7.22. The number of amides is 5. The van der Waals surface area contributed by atoms with Crippen LogP contribution in [0.1, 0.15) is 16.7 Å². The first-order valence-corrected chi connectivity index (χ1v) is 11.2. The van der Waals surface area contributed by atoms with Crippen molar-refractivity contribution in [3.05, 3.63) is 47.0 Å². The second kappa shape index (κ2) is 6.96. The van der Waals surface area contributed by atoms with Gasteiger partial charge < -0.3 is 25.3 Å². The summed E-state index contributed by atoms with van der Waals surface area (Å²) in [6.07, 6.45) is 0.872. The fourth-order valence-electron chi connectivity index (χ4n) is 5.56. The van der Waals surface area contributed by atoms with Gasteiger partial charge in [-0.3, -0.25) is 19.7 Å². The highest BCUT2D eigenvalue weighted by Gasteiger charge is 2.54. The molecule has 5 amide bonds. The van der Waals surface area contributed by atoms with Gasteiger partial charge in [-0.15, -0.1) is 0 Å². The van der Waals surface area contributed by atoms with E-state index in [1.807, 2.05) is 47.1 Å². The van der Waals surface area contributed by atoms with Crippen LogP contribution in [0.5, 0.6) is 0 Å². The first-order valence-electron chi connectivity index (χ1n) is 11.2. The van der Waals surface area contributed by atoms with Gasteiger partial charge in [0.25, 0.3) is 5.91 Å². The number of carbonyl (C=O) groups is 4. The second-order valence-corrected chi connectivity index (χ2v) is 9.50. The fourth-order valence-corrected chi connectivity index (χ4v) is 5.56. The molecule has 6 rings (SSSR count). The van der Waals surface area contributed by atoms with E-state index in [0.717, 1.165) is 33.8 Å². The van der Waals surface area contributed by atoms with Crippen LogP contribution in [-0.2, 0) is 27.2 Å². The molecular weight excluding hydrogens is 436 g/mol. The number of anilines is 4. The molecule has 1 saturated heterocycles. The minimum Gasteiger partial charge on any atom is -0.343 e. The predicted octanol–water partition coefficient (Wildman–Crippen LogP) is 1.19. The zero-order valence-corrected chi connectivity index (χ0v) is 18.9. The normalized spacial score (nSPS) is 22.2. The van der Waals surface area contributed by atoms with Crippen molar-refractivity contribution >= 4 is 46.5 Å². The molecule has 10 nitrogen and oxygen atoms in total. The smallest absolute Gasteiger partial charge is 0.324 e. The minimum absolute atomic E-state index is 0.0606. The molecule has 0 bridgehead atoms. The van der Waals surface area contributed by atoms with Crippen molar-refractivity contribution in [2.45, 2.75) is 25.3 Å². The molecule has 34 heavy (non-hydrogen) atoms. The Kier molecular flexibility index (Phi) is 4.20. The Balaban J connectivity index is 1.18. The predicted molar refractivity (Wildman–Crippen MR) is 126 cm³/mol. The van der Waals surface area contributed by atoms with E-state index in [1.165, 1.54) is 4.90 Å². The summed E-state index contributed by atoms with van der Waals surface area (Å²) >= 11 is 0. The Labute approximate surface area is 195 Å².